The summed E-state index contributed by atoms with van der Waals surface area (Å²) >= 11 is 0. The van der Waals surface area contributed by atoms with Crippen LogP contribution in [0.4, 0.5) is 0 Å². The Morgan fingerprint density at radius 2 is 1.79 bits per heavy atom. The lowest BCUT2D eigenvalue weighted by Crippen LogP contribution is -2.51. The van der Waals surface area contributed by atoms with E-state index < -0.39 is 6.17 Å². The molecule has 1 aromatic carbocycles. The van der Waals surface area contributed by atoms with Crippen LogP contribution >= 0.6 is 0 Å². The average molecular weight is 443 g/mol. The van der Waals surface area contributed by atoms with Gasteiger partial charge >= 0.3 is 0 Å². The van der Waals surface area contributed by atoms with Crippen LogP contribution in [0.25, 0.3) is 22.0 Å². The van der Waals surface area contributed by atoms with E-state index in [4.69, 9.17) is 4.98 Å². The average Bonchev–Trinajstić information content (AvgIpc) is 3.29. The lowest BCUT2D eigenvalue weighted by Gasteiger charge is -2.37. The van der Waals surface area contributed by atoms with E-state index in [0.29, 0.717) is 11.4 Å². The van der Waals surface area contributed by atoms with E-state index in [0.717, 1.165) is 48.2 Å². The molecule has 3 aromatic heterocycles. The Balaban J connectivity index is 1.50. The zero-order valence-corrected chi connectivity index (χ0v) is 18.7. The third-order valence-electron chi connectivity index (χ3n) is 6.00. The van der Waals surface area contributed by atoms with Gasteiger partial charge in [-0.15, -0.1) is 0 Å². The summed E-state index contributed by atoms with van der Waals surface area (Å²) in [5, 5.41) is 8.37. The maximum absolute atomic E-state index is 13.0. The predicted octanol–water partition coefficient (Wildman–Crippen LogP) is 2.10. The molecule has 1 saturated heterocycles. The van der Waals surface area contributed by atoms with E-state index in [1.54, 1.807) is 29.2 Å². The van der Waals surface area contributed by atoms with Gasteiger partial charge in [-0.2, -0.15) is 5.10 Å². The van der Waals surface area contributed by atoms with Crippen molar-refractivity contribution in [2.75, 3.05) is 33.2 Å². The predicted molar refractivity (Wildman–Crippen MR) is 125 cm³/mol. The monoisotopic (exact) mass is 442 g/mol. The molecule has 168 valence electrons. The molecule has 1 amide bonds. The molecule has 9 heteroatoms. The van der Waals surface area contributed by atoms with E-state index in [1.807, 2.05) is 43.8 Å². The molecule has 4 heterocycles. The minimum absolute atomic E-state index is 0.172. The molecule has 4 aromatic rings. The van der Waals surface area contributed by atoms with Crippen LogP contribution in [-0.2, 0) is 7.05 Å². The normalized spacial score (nSPS) is 16.1. The number of aryl methyl sites for hydroxylation is 1. The number of carbonyl (C=O) groups is 1. The summed E-state index contributed by atoms with van der Waals surface area (Å²) in [5.41, 5.74) is 3.46. The Morgan fingerprint density at radius 1 is 1.00 bits per heavy atom. The Labute approximate surface area is 192 Å². The molecule has 1 unspecified atom stereocenters. The van der Waals surface area contributed by atoms with Gasteiger partial charge in [0.1, 0.15) is 6.17 Å². The molecule has 33 heavy (non-hydrogen) atoms. The summed E-state index contributed by atoms with van der Waals surface area (Å²) in [6, 6.07) is 9.52. The molecule has 0 aliphatic carbocycles. The molecular weight excluding hydrogens is 416 g/mol. The summed E-state index contributed by atoms with van der Waals surface area (Å²) in [7, 11) is 4.01. The van der Waals surface area contributed by atoms with Gasteiger partial charge in [0.2, 0.25) is 0 Å². The number of nitrogens with one attached hydrogen (secondary N) is 1. The maximum Gasteiger partial charge on any atom is 0.252 e. The molecular formula is C24H26N8O. The first-order valence-corrected chi connectivity index (χ1v) is 11.0. The molecule has 1 fully saturated rings. The Bertz CT molecular complexity index is 1260. The molecule has 1 atom stereocenters. The number of benzene rings is 1. The van der Waals surface area contributed by atoms with Gasteiger partial charge in [-0.05, 0) is 30.8 Å². The molecule has 0 spiro atoms. The smallest absolute Gasteiger partial charge is 0.252 e. The van der Waals surface area contributed by atoms with E-state index in [1.165, 1.54) is 0 Å². The zero-order chi connectivity index (χ0) is 22.8. The van der Waals surface area contributed by atoms with E-state index in [2.05, 4.69) is 37.2 Å². The number of hydrogen-bond acceptors (Lipinski definition) is 7. The number of piperazine rings is 1. The van der Waals surface area contributed by atoms with Crippen molar-refractivity contribution in [2.45, 2.75) is 6.17 Å². The highest BCUT2D eigenvalue weighted by molar-refractivity contribution is 5.94. The van der Waals surface area contributed by atoms with Crippen LogP contribution in [0.3, 0.4) is 0 Å². The van der Waals surface area contributed by atoms with E-state index >= 15 is 0 Å². The molecule has 0 saturated carbocycles. The van der Waals surface area contributed by atoms with Crippen LogP contribution in [0.2, 0.25) is 0 Å². The van der Waals surface area contributed by atoms with Crippen LogP contribution < -0.4 is 5.32 Å². The number of pyridine rings is 1. The van der Waals surface area contributed by atoms with E-state index in [9.17, 15) is 4.79 Å². The Kier molecular flexibility index (Phi) is 5.80. The summed E-state index contributed by atoms with van der Waals surface area (Å²) < 4.78 is 1.78. The summed E-state index contributed by atoms with van der Waals surface area (Å²) in [4.78, 5) is 31.0. The van der Waals surface area contributed by atoms with Crippen LogP contribution in [-0.4, -0.2) is 73.7 Å². The summed E-state index contributed by atoms with van der Waals surface area (Å²) in [5.74, 6) is 0.409. The number of carbonyl (C=O) groups excluding carboxylic acids is 1. The topological polar surface area (TPSA) is 92.1 Å². The molecule has 1 aliphatic rings. The second kappa shape index (κ2) is 9.05. The molecule has 9 nitrogen and oxygen atoms in total. The molecule has 0 radical (unpaired) electrons. The van der Waals surface area contributed by atoms with Gasteiger partial charge in [0.15, 0.2) is 5.82 Å². The largest absolute Gasteiger partial charge is 0.330 e. The summed E-state index contributed by atoms with van der Waals surface area (Å²) in [6.45, 7) is 3.46. The highest BCUT2D eigenvalue weighted by Gasteiger charge is 2.28. The third kappa shape index (κ3) is 4.59. The fourth-order valence-corrected chi connectivity index (χ4v) is 4.03. The van der Waals surface area contributed by atoms with E-state index in [-0.39, 0.29) is 5.91 Å². The molecule has 5 rings (SSSR count). The van der Waals surface area contributed by atoms with Gasteiger partial charge < -0.3 is 10.2 Å². The molecule has 1 N–H and O–H groups in total. The van der Waals surface area contributed by atoms with Crippen molar-refractivity contribution in [3.8, 4) is 11.1 Å². The van der Waals surface area contributed by atoms with Crippen molar-refractivity contribution >= 4 is 16.8 Å². The van der Waals surface area contributed by atoms with Gasteiger partial charge in [-0.25, -0.2) is 9.97 Å². The number of nitrogens with zero attached hydrogens (tertiary/aromatic N) is 7. The van der Waals surface area contributed by atoms with Crippen molar-refractivity contribution in [1.29, 1.82) is 0 Å². The Morgan fingerprint density at radius 3 is 2.52 bits per heavy atom. The van der Waals surface area contributed by atoms with Crippen molar-refractivity contribution in [2.24, 2.45) is 7.05 Å². The van der Waals surface area contributed by atoms with Crippen molar-refractivity contribution < 1.29 is 4.79 Å². The van der Waals surface area contributed by atoms with Gasteiger partial charge in [0, 0.05) is 74.5 Å². The quantitative estimate of drug-likeness (QED) is 0.506. The fraction of sp³-hybridized carbons (Fsp3) is 0.292. The molecule has 1 aliphatic heterocycles. The number of likely N-dealkylation sites (N-methyl/N-ethyl adjacent to an activating group) is 1. The first-order valence-electron chi connectivity index (χ1n) is 11.0. The lowest BCUT2D eigenvalue weighted by molar-refractivity contribution is 0.0697. The zero-order valence-electron chi connectivity index (χ0n) is 18.7. The highest BCUT2D eigenvalue weighted by Crippen LogP contribution is 2.25. The SMILES string of the molecule is CN1CCN(C(NC(=O)c2ccncc2)c2ncc3ccc(-c4cnn(C)c4)cc3n2)CC1. The maximum atomic E-state index is 13.0. The minimum atomic E-state index is -0.425. The first-order chi connectivity index (χ1) is 16.1. The van der Waals surface area contributed by atoms with Gasteiger partial charge in [-0.1, -0.05) is 12.1 Å². The van der Waals surface area contributed by atoms with Crippen LogP contribution in [0.5, 0.6) is 0 Å². The second-order valence-electron chi connectivity index (χ2n) is 8.36. The number of fused-ring (bicyclic) bond motifs is 1. The fourth-order valence-electron chi connectivity index (χ4n) is 4.03. The number of hydrogen-bond donors (Lipinski definition) is 1. The Hall–Kier alpha value is -3.69. The number of amides is 1. The molecule has 0 bridgehead atoms. The van der Waals surface area contributed by atoms with Crippen LogP contribution in [0.1, 0.15) is 22.3 Å². The third-order valence-corrected chi connectivity index (χ3v) is 6.00. The number of aromatic nitrogens is 5. The summed E-state index contributed by atoms with van der Waals surface area (Å²) in [6.07, 6.45) is 8.45. The van der Waals surface area contributed by atoms with Crippen LogP contribution in [0, 0.1) is 0 Å². The van der Waals surface area contributed by atoms with Crippen molar-refractivity contribution in [3.05, 3.63) is 72.7 Å². The van der Waals surface area contributed by atoms with Crippen LogP contribution in [0.15, 0.2) is 61.3 Å². The first kappa shape index (κ1) is 21.2. The van der Waals surface area contributed by atoms with Crippen molar-refractivity contribution in [3.63, 3.8) is 0 Å². The van der Waals surface area contributed by atoms with Gasteiger partial charge in [-0.3, -0.25) is 19.4 Å². The van der Waals surface area contributed by atoms with Gasteiger partial charge in [0.25, 0.3) is 5.91 Å². The second-order valence-corrected chi connectivity index (χ2v) is 8.36. The number of rotatable bonds is 5. The minimum Gasteiger partial charge on any atom is -0.330 e. The van der Waals surface area contributed by atoms with Crippen molar-refractivity contribution in [1.82, 2.24) is 39.8 Å². The highest BCUT2D eigenvalue weighted by atomic mass is 16.1. The standard InChI is InChI=1S/C24H26N8O/c1-30-9-11-32(12-10-30)23(29-24(33)17-5-7-25-8-6-17)22-26-14-19-4-3-18(13-21(19)28-22)20-15-27-31(2)16-20/h3-8,13-16,23H,9-12H2,1-2H3,(H,29,33). The van der Waals surface area contributed by atoms with Gasteiger partial charge in [0.05, 0.1) is 11.7 Å². The lowest BCUT2D eigenvalue weighted by atomic mass is 10.1.